The summed E-state index contributed by atoms with van der Waals surface area (Å²) in [7, 11) is 0. The number of halogens is 4. The zero-order valence-corrected chi connectivity index (χ0v) is 14.2. The summed E-state index contributed by atoms with van der Waals surface area (Å²) in [5, 5.41) is 2.35. The average molecular weight is 449 g/mol. The van der Waals surface area contributed by atoms with E-state index in [0.29, 0.717) is 5.56 Å². The molecular weight excluding hydrogens is 438 g/mol. The number of anilines is 1. The van der Waals surface area contributed by atoms with Crippen LogP contribution in [0.15, 0.2) is 48.5 Å². The number of hydrogen-bond acceptors (Lipinski definition) is 3. The van der Waals surface area contributed by atoms with Crippen LogP contribution in [0.25, 0.3) is 0 Å². The van der Waals surface area contributed by atoms with Crippen LogP contribution in [0.5, 0.6) is 0 Å². The van der Waals surface area contributed by atoms with Gasteiger partial charge in [-0.15, -0.1) is 0 Å². The molecule has 1 N–H and O–H groups in total. The van der Waals surface area contributed by atoms with Crippen LogP contribution in [0.2, 0.25) is 0 Å². The fourth-order valence-electron chi connectivity index (χ4n) is 1.77. The van der Waals surface area contributed by atoms with Gasteiger partial charge >= 0.3 is 12.1 Å². The Morgan fingerprint density at radius 1 is 1.08 bits per heavy atom. The number of rotatable bonds is 4. The fourth-order valence-corrected chi connectivity index (χ4v) is 2.31. The predicted molar refractivity (Wildman–Crippen MR) is 89.5 cm³/mol. The Morgan fingerprint density at radius 2 is 1.75 bits per heavy atom. The SMILES string of the molecule is O=C(COC(=O)c1cccc(I)c1)Nc1ccc(C(F)(F)F)cc1. The highest BCUT2D eigenvalue weighted by Crippen LogP contribution is 2.29. The molecule has 0 saturated heterocycles. The zero-order chi connectivity index (χ0) is 17.7. The molecule has 2 rings (SSSR count). The third-order valence-corrected chi connectivity index (χ3v) is 3.56. The van der Waals surface area contributed by atoms with E-state index >= 15 is 0 Å². The Hall–Kier alpha value is -2.10. The topological polar surface area (TPSA) is 55.4 Å². The van der Waals surface area contributed by atoms with E-state index in [4.69, 9.17) is 4.74 Å². The van der Waals surface area contributed by atoms with Gasteiger partial charge in [-0.2, -0.15) is 13.2 Å². The molecule has 2 aromatic carbocycles. The normalized spacial score (nSPS) is 11.0. The van der Waals surface area contributed by atoms with E-state index in [2.05, 4.69) is 5.32 Å². The van der Waals surface area contributed by atoms with Gasteiger partial charge in [0.2, 0.25) is 0 Å². The van der Waals surface area contributed by atoms with Crippen LogP contribution in [-0.2, 0) is 15.7 Å². The molecule has 0 atom stereocenters. The van der Waals surface area contributed by atoms with E-state index in [1.807, 2.05) is 22.6 Å². The predicted octanol–water partition coefficient (Wildman–Crippen LogP) is 4.11. The zero-order valence-electron chi connectivity index (χ0n) is 12.1. The van der Waals surface area contributed by atoms with Crippen molar-refractivity contribution >= 4 is 40.2 Å². The van der Waals surface area contributed by atoms with Crippen LogP contribution in [0, 0.1) is 3.57 Å². The van der Waals surface area contributed by atoms with E-state index in [0.717, 1.165) is 27.8 Å². The molecule has 0 heterocycles. The molecule has 0 saturated carbocycles. The van der Waals surface area contributed by atoms with Crippen LogP contribution in [0.4, 0.5) is 18.9 Å². The van der Waals surface area contributed by atoms with Gasteiger partial charge in [-0.1, -0.05) is 6.07 Å². The van der Waals surface area contributed by atoms with Crippen molar-refractivity contribution in [3.63, 3.8) is 0 Å². The molecule has 126 valence electrons. The lowest BCUT2D eigenvalue weighted by molar-refractivity contribution is -0.137. The quantitative estimate of drug-likeness (QED) is 0.565. The van der Waals surface area contributed by atoms with Crippen LogP contribution in [-0.4, -0.2) is 18.5 Å². The van der Waals surface area contributed by atoms with Crippen molar-refractivity contribution < 1.29 is 27.5 Å². The van der Waals surface area contributed by atoms with Crippen molar-refractivity contribution in [2.45, 2.75) is 6.18 Å². The fraction of sp³-hybridized carbons (Fsp3) is 0.125. The number of esters is 1. The molecule has 2 aromatic rings. The molecule has 0 aliphatic rings. The van der Waals surface area contributed by atoms with E-state index in [1.54, 1.807) is 24.3 Å². The second-order valence-corrected chi connectivity index (χ2v) is 5.96. The average Bonchev–Trinajstić information content (AvgIpc) is 2.52. The first kappa shape index (κ1) is 18.2. The summed E-state index contributed by atoms with van der Waals surface area (Å²) in [5.74, 6) is -1.30. The van der Waals surface area contributed by atoms with Gasteiger partial charge in [-0.25, -0.2) is 4.79 Å². The lowest BCUT2D eigenvalue weighted by Gasteiger charge is -2.09. The van der Waals surface area contributed by atoms with Crippen molar-refractivity contribution in [2.24, 2.45) is 0 Å². The van der Waals surface area contributed by atoms with E-state index in [-0.39, 0.29) is 5.69 Å². The molecule has 0 unspecified atom stereocenters. The summed E-state index contributed by atoms with van der Waals surface area (Å²) < 4.78 is 43.0. The molecule has 0 aromatic heterocycles. The number of alkyl halides is 3. The van der Waals surface area contributed by atoms with Crippen LogP contribution in [0.1, 0.15) is 15.9 Å². The largest absolute Gasteiger partial charge is 0.452 e. The molecular formula is C16H11F3INO3. The third-order valence-electron chi connectivity index (χ3n) is 2.89. The summed E-state index contributed by atoms with van der Waals surface area (Å²) in [6.45, 7) is -0.536. The lowest BCUT2D eigenvalue weighted by atomic mass is 10.2. The maximum absolute atomic E-state index is 12.4. The molecule has 0 bridgehead atoms. The Labute approximate surface area is 149 Å². The molecule has 0 spiro atoms. The molecule has 24 heavy (non-hydrogen) atoms. The van der Waals surface area contributed by atoms with Gasteiger partial charge in [-0.3, -0.25) is 4.79 Å². The van der Waals surface area contributed by atoms with Crippen molar-refractivity contribution in [1.29, 1.82) is 0 Å². The molecule has 1 amide bonds. The van der Waals surface area contributed by atoms with E-state index in [9.17, 15) is 22.8 Å². The molecule has 4 nitrogen and oxygen atoms in total. The third kappa shape index (κ3) is 5.22. The number of ether oxygens (including phenoxy) is 1. The number of hydrogen-bond donors (Lipinski definition) is 1. The van der Waals surface area contributed by atoms with Crippen LogP contribution in [0.3, 0.4) is 0 Å². The summed E-state index contributed by atoms with van der Waals surface area (Å²) in [4.78, 5) is 23.5. The number of benzene rings is 2. The lowest BCUT2D eigenvalue weighted by Crippen LogP contribution is -2.21. The van der Waals surface area contributed by atoms with Crippen LogP contribution < -0.4 is 5.32 Å². The summed E-state index contributed by atoms with van der Waals surface area (Å²) >= 11 is 2.04. The number of nitrogens with one attached hydrogen (secondary N) is 1. The van der Waals surface area contributed by atoms with E-state index < -0.39 is 30.2 Å². The minimum absolute atomic E-state index is 0.179. The Balaban J connectivity index is 1.88. The second-order valence-electron chi connectivity index (χ2n) is 4.71. The molecule has 0 aliphatic carbocycles. The highest BCUT2D eigenvalue weighted by atomic mass is 127. The second kappa shape index (κ2) is 7.65. The first-order valence-electron chi connectivity index (χ1n) is 6.65. The first-order chi connectivity index (χ1) is 11.3. The molecule has 0 aliphatic heterocycles. The summed E-state index contributed by atoms with van der Waals surface area (Å²) in [5.41, 5.74) is -0.326. The smallest absolute Gasteiger partial charge is 0.416 e. The van der Waals surface area contributed by atoms with Crippen molar-refractivity contribution in [3.05, 3.63) is 63.2 Å². The standard InChI is InChI=1S/C16H11F3INO3/c17-16(18,19)11-4-6-13(7-5-11)21-14(22)9-24-15(23)10-2-1-3-12(20)8-10/h1-8H,9H2,(H,21,22). The maximum Gasteiger partial charge on any atom is 0.416 e. The Bertz CT molecular complexity index is 745. The summed E-state index contributed by atoms with van der Waals surface area (Å²) in [6.07, 6.45) is -4.44. The highest BCUT2D eigenvalue weighted by Gasteiger charge is 2.29. The Morgan fingerprint density at radius 3 is 2.33 bits per heavy atom. The van der Waals surface area contributed by atoms with Gasteiger partial charge in [0.25, 0.3) is 5.91 Å². The number of amides is 1. The highest BCUT2D eigenvalue weighted by molar-refractivity contribution is 14.1. The number of carbonyl (C=O) groups is 2. The van der Waals surface area contributed by atoms with Crippen molar-refractivity contribution in [3.8, 4) is 0 Å². The van der Waals surface area contributed by atoms with Crippen molar-refractivity contribution in [1.82, 2.24) is 0 Å². The van der Waals surface area contributed by atoms with Gasteiger partial charge in [-0.05, 0) is 65.1 Å². The maximum atomic E-state index is 12.4. The number of carbonyl (C=O) groups excluding carboxylic acids is 2. The monoisotopic (exact) mass is 449 g/mol. The summed E-state index contributed by atoms with van der Waals surface area (Å²) in [6, 6.07) is 10.6. The van der Waals surface area contributed by atoms with Gasteiger partial charge < -0.3 is 10.1 Å². The van der Waals surface area contributed by atoms with Crippen molar-refractivity contribution in [2.75, 3.05) is 11.9 Å². The van der Waals surface area contributed by atoms with E-state index in [1.165, 1.54) is 0 Å². The molecule has 0 fully saturated rings. The first-order valence-corrected chi connectivity index (χ1v) is 7.73. The Kier molecular flexibility index (Phi) is 5.81. The minimum Gasteiger partial charge on any atom is -0.452 e. The van der Waals surface area contributed by atoms with Gasteiger partial charge in [0.15, 0.2) is 6.61 Å². The molecule has 0 radical (unpaired) electrons. The minimum atomic E-state index is -4.44. The van der Waals surface area contributed by atoms with Gasteiger partial charge in [0.1, 0.15) is 0 Å². The van der Waals surface area contributed by atoms with Crippen LogP contribution >= 0.6 is 22.6 Å². The van der Waals surface area contributed by atoms with Gasteiger partial charge in [0, 0.05) is 9.26 Å². The molecule has 8 heteroatoms. The van der Waals surface area contributed by atoms with Gasteiger partial charge in [0.05, 0.1) is 11.1 Å².